The first kappa shape index (κ1) is 11.7. The van der Waals surface area contributed by atoms with Crippen LogP contribution in [0.5, 0.6) is 0 Å². The molecule has 0 saturated carbocycles. The predicted octanol–water partition coefficient (Wildman–Crippen LogP) is 0.847. The van der Waals surface area contributed by atoms with Gasteiger partial charge in [0, 0.05) is 31.6 Å². The zero-order valence-corrected chi connectivity index (χ0v) is 9.79. The molecule has 0 N–H and O–H groups in total. The molecule has 1 unspecified atom stereocenters. The van der Waals surface area contributed by atoms with Crippen LogP contribution in [-0.2, 0) is 4.79 Å². The molecule has 0 aliphatic carbocycles. The largest absolute Gasteiger partial charge is 0.304 e. The monoisotopic (exact) mass is 198 g/mol. The topological polar surface area (TPSA) is 23.6 Å². The Morgan fingerprint density at radius 2 is 2.07 bits per heavy atom. The van der Waals surface area contributed by atoms with Crippen molar-refractivity contribution in [3.8, 4) is 0 Å². The third-order valence-electron chi connectivity index (χ3n) is 2.97. The van der Waals surface area contributed by atoms with Gasteiger partial charge < -0.3 is 4.90 Å². The van der Waals surface area contributed by atoms with Crippen molar-refractivity contribution in [3.05, 3.63) is 0 Å². The van der Waals surface area contributed by atoms with E-state index in [1.165, 1.54) is 0 Å². The van der Waals surface area contributed by atoms with Crippen LogP contribution < -0.4 is 0 Å². The lowest BCUT2D eigenvalue weighted by atomic mass is 10.1. The van der Waals surface area contributed by atoms with Gasteiger partial charge in [0.15, 0.2) is 0 Å². The van der Waals surface area contributed by atoms with Crippen LogP contribution in [0.2, 0.25) is 0 Å². The van der Waals surface area contributed by atoms with E-state index >= 15 is 0 Å². The van der Waals surface area contributed by atoms with E-state index in [0.29, 0.717) is 18.4 Å². The van der Waals surface area contributed by atoms with E-state index in [0.717, 1.165) is 19.6 Å². The summed E-state index contributed by atoms with van der Waals surface area (Å²) in [7, 11) is 2.14. The van der Waals surface area contributed by atoms with Crippen molar-refractivity contribution >= 4 is 5.78 Å². The first-order valence-electron chi connectivity index (χ1n) is 5.46. The maximum atomic E-state index is 11.6. The Hall–Kier alpha value is -0.410. The molecule has 1 saturated heterocycles. The minimum atomic E-state index is 0.168. The highest BCUT2D eigenvalue weighted by Gasteiger charge is 2.23. The Bertz CT molecular complexity index is 203. The van der Waals surface area contributed by atoms with Gasteiger partial charge in [0.05, 0.1) is 6.54 Å². The maximum Gasteiger partial charge on any atom is 0.149 e. The van der Waals surface area contributed by atoms with Crippen LogP contribution in [0.25, 0.3) is 0 Å². The quantitative estimate of drug-likeness (QED) is 0.671. The van der Waals surface area contributed by atoms with Crippen LogP contribution in [0.4, 0.5) is 0 Å². The van der Waals surface area contributed by atoms with Crippen molar-refractivity contribution in [3.63, 3.8) is 0 Å². The summed E-state index contributed by atoms with van der Waals surface area (Å²) in [5.41, 5.74) is 0. The number of carbonyl (C=O) groups excluding carboxylic acids is 1. The summed E-state index contributed by atoms with van der Waals surface area (Å²) >= 11 is 0. The number of piperazine rings is 1. The van der Waals surface area contributed by atoms with Crippen molar-refractivity contribution in [1.82, 2.24) is 9.80 Å². The van der Waals surface area contributed by atoms with Gasteiger partial charge >= 0.3 is 0 Å². The molecule has 0 aromatic carbocycles. The molecule has 1 heterocycles. The summed E-state index contributed by atoms with van der Waals surface area (Å²) in [6.45, 7) is 9.96. The molecule has 0 spiro atoms. The fraction of sp³-hybridized carbons (Fsp3) is 0.909. The van der Waals surface area contributed by atoms with Gasteiger partial charge in [0.25, 0.3) is 0 Å². The fourth-order valence-electron chi connectivity index (χ4n) is 1.79. The summed E-state index contributed by atoms with van der Waals surface area (Å²) in [5, 5.41) is 0. The van der Waals surface area contributed by atoms with E-state index in [-0.39, 0.29) is 5.92 Å². The van der Waals surface area contributed by atoms with Gasteiger partial charge in [-0.25, -0.2) is 0 Å². The minimum Gasteiger partial charge on any atom is -0.304 e. The van der Waals surface area contributed by atoms with Crippen LogP contribution in [0.1, 0.15) is 20.8 Å². The van der Waals surface area contributed by atoms with Gasteiger partial charge in [-0.1, -0.05) is 13.8 Å². The Labute approximate surface area is 87.1 Å². The molecule has 14 heavy (non-hydrogen) atoms. The van der Waals surface area contributed by atoms with E-state index in [2.05, 4.69) is 23.8 Å². The molecule has 0 amide bonds. The van der Waals surface area contributed by atoms with Crippen LogP contribution >= 0.6 is 0 Å². The third kappa shape index (κ3) is 3.07. The average Bonchev–Trinajstić information content (AvgIpc) is 2.09. The summed E-state index contributed by atoms with van der Waals surface area (Å²) in [6, 6.07) is 0.511. The Balaban J connectivity index is 2.41. The zero-order chi connectivity index (χ0) is 10.7. The van der Waals surface area contributed by atoms with Crippen molar-refractivity contribution in [2.24, 2.45) is 5.92 Å². The first-order chi connectivity index (χ1) is 6.50. The predicted molar refractivity (Wildman–Crippen MR) is 58.4 cm³/mol. The van der Waals surface area contributed by atoms with Crippen LogP contribution in [0.3, 0.4) is 0 Å². The van der Waals surface area contributed by atoms with E-state index in [1.54, 1.807) is 0 Å². The van der Waals surface area contributed by atoms with Gasteiger partial charge in [-0.3, -0.25) is 9.69 Å². The van der Waals surface area contributed by atoms with Crippen molar-refractivity contribution < 1.29 is 4.79 Å². The van der Waals surface area contributed by atoms with Crippen LogP contribution in [0.15, 0.2) is 0 Å². The second kappa shape index (κ2) is 4.89. The molecule has 1 fully saturated rings. The molecule has 0 aromatic rings. The Morgan fingerprint density at radius 3 is 2.57 bits per heavy atom. The highest BCUT2D eigenvalue weighted by molar-refractivity contribution is 5.82. The number of likely N-dealkylation sites (N-methyl/N-ethyl adjacent to an activating group) is 1. The number of carbonyl (C=O) groups is 1. The number of Topliss-reactive ketones (excluding diaryl/α,β-unsaturated/α-hetero) is 1. The second-order valence-electron chi connectivity index (χ2n) is 4.70. The van der Waals surface area contributed by atoms with Gasteiger partial charge in [0.1, 0.15) is 5.78 Å². The lowest BCUT2D eigenvalue weighted by molar-refractivity contribution is -0.124. The highest BCUT2D eigenvalue weighted by atomic mass is 16.1. The fourth-order valence-corrected chi connectivity index (χ4v) is 1.79. The Morgan fingerprint density at radius 1 is 1.43 bits per heavy atom. The van der Waals surface area contributed by atoms with Gasteiger partial charge in [0.2, 0.25) is 0 Å². The van der Waals surface area contributed by atoms with E-state index in [4.69, 9.17) is 0 Å². The van der Waals surface area contributed by atoms with Crippen molar-refractivity contribution in [2.75, 3.05) is 33.2 Å². The molecular weight excluding hydrogens is 176 g/mol. The third-order valence-corrected chi connectivity index (χ3v) is 2.97. The van der Waals surface area contributed by atoms with E-state index < -0.39 is 0 Å². The van der Waals surface area contributed by atoms with Crippen LogP contribution in [0, 0.1) is 5.92 Å². The Kier molecular flexibility index (Phi) is 4.08. The number of rotatable bonds is 3. The number of nitrogens with zero attached hydrogens (tertiary/aromatic N) is 2. The van der Waals surface area contributed by atoms with Crippen molar-refractivity contribution in [2.45, 2.75) is 26.8 Å². The maximum absolute atomic E-state index is 11.6. The molecule has 0 aromatic heterocycles. The molecule has 1 aliphatic rings. The zero-order valence-electron chi connectivity index (χ0n) is 9.79. The molecule has 1 rings (SSSR count). The van der Waals surface area contributed by atoms with Crippen LogP contribution in [-0.4, -0.2) is 54.9 Å². The lowest BCUT2D eigenvalue weighted by Crippen LogP contribution is -2.52. The standard InChI is InChI=1S/C11H22N2O/c1-9(2)11(14)8-13-6-5-12(4)7-10(13)3/h9-10H,5-8H2,1-4H3. The normalized spacial score (nSPS) is 25.6. The molecule has 0 radical (unpaired) electrons. The van der Waals surface area contributed by atoms with Gasteiger partial charge in [-0.15, -0.1) is 0 Å². The van der Waals surface area contributed by atoms with Crippen molar-refractivity contribution in [1.29, 1.82) is 0 Å². The summed E-state index contributed by atoms with van der Waals surface area (Å²) in [6.07, 6.45) is 0. The summed E-state index contributed by atoms with van der Waals surface area (Å²) in [4.78, 5) is 16.2. The molecular formula is C11H22N2O. The van der Waals surface area contributed by atoms with E-state index in [1.807, 2.05) is 13.8 Å². The molecule has 3 nitrogen and oxygen atoms in total. The molecule has 1 atom stereocenters. The molecule has 0 bridgehead atoms. The molecule has 82 valence electrons. The number of hydrogen-bond donors (Lipinski definition) is 0. The molecule has 3 heteroatoms. The second-order valence-corrected chi connectivity index (χ2v) is 4.70. The number of ketones is 1. The molecule has 1 aliphatic heterocycles. The minimum absolute atomic E-state index is 0.168. The van der Waals surface area contributed by atoms with E-state index in [9.17, 15) is 4.79 Å². The SMILES string of the molecule is CC(C)C(=O)CN1CCN(C)CC1C. The lowest BCUT2D eigenvalue weighted by Gasteiger charge is -2.38. The highest BCUT2D eigenvalue weighted by Crippen LogP contribution is 2.08. The first-order valence-corrected chi connectivity index (χ1v) is 5.46. The van der Waals surface area contributed by atoms with Gasteiger partial charge in [-0.2, -0.15) is 0 Å². The number of hydrogen-bond acceptors (Lipinski definition) is 3. The smallest absolute Gasteiger partial charge is 0.149 e. The van der Waals surface area contributed by atoms with Gasteiger partial charge in [-0.05, 0) is 14.0 Å². The summed E-state index contributed by atoms with van der Waals surface area (Å²) in [5.74, 6) is 0.531. The average molecular weight is 198 g/mol. The summed E-state index contributed by atoms with van der Waals surface area (Å²) < 4.78 is 0.